The second-order valence-corrected chi connectivity index (χ2v) is 6.56. The van der Waals surface area contributed by atoms with Crippen LogP contribution in [0.4, 0.5) is 0 Å². The molecule has 0 aliphatic carbocycles. The number of benzene rings is 1. The number of aliphatic hydroxyl groups is 2. The third kappa shape index (κ3) is 7.54. The Hall–Kier alpha value is -1.92. The summed E-state index contributed by atoms with van der Waals surface area (Å²) in [5.74, 6) is -2.19. The molecule has 6 nitrogen and oxygen atoms in total. The number of aliphatic hydroxyl groups excluding tert-OH is 2. The van der Waals surface area contributed by atoms with E-state index in [0.717, 1.165) is 44.1 Å². The fraction of sp³-hybridized carbons (Fsp3) is 0.600. The van der Waals surface area contributed by atoms with Crippen LogP contribution < -0.4 is 0 Å². The molecule has 1 rings (SSSR count). The molecule has 4 N–H and O–H groups in total. The molecule has 0 saturated heterocycles. The van der Waals surface area contributed by atoms with Gasteiger partial charge >= 0.3 is 11.9 Å². The van der Waals surface area contributed by atoms with E-state index in [4.69, 9.17) is 10.2 Å². The van der Waals surface area contributed by atoms with Crippen molar-refractivity contribution in [3.05, 3.63) is 34.4 Å². The summed E-state index contributed by atoms with van der Waals surface area (Å²) in [5.41, 5.74) is 1.28. The van der Waals surface area contributed by atoms with Crippen LogP contribution in [0.2, 0.25) is 0 Å². The van der Waals surface area contributed by atoms with Crippen molar-refractivity contribution < 1.29 is 30.0 Å². The monoisotopic (exact) mass is 366 g/mol. The molecule has 0 unspecified atom stereocenters. The van der Waals surface area contributed by atoms with E-state index < -0.39 is 11.9 Å². The quantitative estimate of drug-likeness (QED) is 0.376. The average Bonchev–Trinajstić information content (AvgIpc) is 2.61. The Bertz CT molecular complexity index is 547. The summed E-state index contributed by atoms with van der Waals surface area (Å²) in [4.78, 5) is 23.3. The molecular formula is C20H30O6. The summed E-state index contributed by atoms with van der Waals surface area (Å²) in [6, 6.07) is 3.20. The molecule has 0 aliphatic rings. The maximum Gasteiger partial charge on any atom is 0.335 e. The molecule has 0 amide bonds. The molecule has 146 valence electrons. The van der Waals surface area contributed by atoms with Crippen LogP contribution in [0, 0.1) is 0 Å². The molecule has 0 radical (unpaired) electrons. The van der Waals surface area contributed by atoms with Crippen LogP contribution in [0.3, 0.4) is 0 Å². The maximum absolute atomic E-state index is 11.6. The van der Waals surface area contributed by atoms with E-state index >= 15 is 0 Å². The third-order valence-electron chi connectivity index (χ3n) is 4.48. The SMILES string of the molecule is O=C(O)c1cc(CCCCCCO)cc(C(=O)O)c1CCCCCCO. The average molecular weight is 366 g/mol. The number of unbranched alkanes of at least 4 members (excludes halogenated alkanes) is 6. The number of hydrogen-bond acceptors (Lipinski definition) is 4. The summed E-state index contributed by atoms with van der Waals surface area (Å²) < 4.78 is 0. The molecule has 0 heterocycles. The second-order valence-electron chi connectivity index (χ2n) is 6.56. The molecule has 0 spiro atoms. The Morgan fingerprint density at radius 2 is 1.08 bits per heavy atom. The van der Waals surface area contributed by atoms with Crippen LogP contribution >= 0.6 is 0 Å². The summed E-state index contributed by atoms with van der Waals surface area (Å²) in [7, 11) is 0. The minimum absolute atomic E-state index is 0.0809. The molecular weight excluding hydrogens is 336 g/mol. The van der Waals surface area contributed by atoms with Crippen molar-refractivity contribution in [1.29, 1.82) is 0 Å². The van der Waals surface area contributed by atoms with Gasteiger partial charge in [0.2, 0.25) is 0 Å². The van der Waals surface area contributed by atoms with Crippen molar-refractivity contribution in [1.82, 2.24) is 0 Å². The predicted octanol–water partition coefficient (Wildman–Crippen LogP) is 3.27. The lowest BCUT2D eigenvalue weighted by atomic mass is 9.91. The molecule has 6 heteroatoms. The molecule has 0 fully saturated rings. The first kappa shape index (κ1) is 22.1. The van der Waals surface area contributed by atoms with Crippen LogP contribution in [0.5, 0.6) is 0 Å². The van der Waals surface area contributed by atoms with Crippen molar-refractivity contribution in [3.8, 4) is 0 Å². The highest BCUT2D eigenvalue weighted by molar-refractivity contribution is 5.97. The van der Waals surface area contributed by atoms with Gasteiger partial charge in [-0.3, -0.25) is 0 Å². The van der Waals surface area contributed by atoms with E-state index in [9.17, 15) is 19.8 Å². The third-order valence-corrected chi connectivity index (χ3v) is 4.48. The predicted molar refractivity (Wildman–Crippen MR) is 98.9 cm³/mol. The van der Waals surface area contributed by atoms with Gasteiger partial charge in [-0.1, -0.05) is 25.7 Å². The van der Waals surface area contributed by atoms with Crippen molar-refractivity contribution in [2.45, 2.75) is 64.2 Å². The molecule has 0 saturated carbocycles. The van der Waals surface area contributed by atoms with Gasteiger partial charge in [-0.05, 0) is 61.8 Å². The number of aryl methyl sites for hydroxylation is 1. The van der Waals surface area contributed by atoms with Gasteiger partial charge in [0.05, 0.1) is 11.1 Å². The topological polar surface area (TPSA) is 115 Å². The molecule has 0 aliphatic heterocycles. The Balaban J connectivity index is 2.89. The van der Waals surface area contributed by atoms with Crippen LogP contribution in [-0.2, 0) is 12.8 Å². The second kappa shape index (κ2) is 12.4. The van der Waals surface area contributed by atoms with Gasteiger partial charge < -0.3 is 20.4 Å². The molecule has 1 aromatic carbocycles. The van der Waals surface area contributed by atoms with E-state index in [1.165, 1.54) is 0 Å². The minimum atomic E-state index is -1.10. The fourth-order valence-electron chi connectivity index (χ4n) is 3.09. The first-order chi connectivity index (χ1) is 12.5. The summed E-state index contributed by atoms with van der Waals surface area (Å²) in [6.45, 7) is 0.299. The van der Waals surface area contributed by atoms with Crippen molar-refractivity contribution in [3.63, 3.8) is 0 Å². The number of carbonyl (C=O) groups is 2. The number of aromatic carboxylic acids is 2. The normalized spacial score (nSPS) is 10.8. The smallest absolute Gasteiger partial charge is 0.335 e. The summed E-state index contributed by atoms with van der Waals surface area (Å²) in [6.07, 6.45) is 7.49. The van der Waals surface area contributed by atoms with Crippen molar-refractivity contribution >= 4 is 11.9 Å². The van der Waals surface area contributed by atoms with Gasteiger partial charge in [-0.25, -0.2) is 9.59 Å². The van der Waals surface area contributed by atoms with Crippen LogP contribution in [0.15, 0.2) is 12.1 Å². The van der Waals surface area contributed by atoms with Gasteiger partial charge in [-0.2, -0.15) is 0 Å². The lowest BCUT2D eigenvalue weighted by Gasteiger charge is -2.13. The Morgan fingerprint density at radius 1 is 0.654 bits per heavy atom. The lowest BCUT2D eigenvalue weighted by molar-refractivity contribution is 0.0695. The molecule has 1 aromatic rings. The molecule has 26 heavy (non-hydrogen) atoms. The Labute approximate surface area is 154 Å². The van der Waals surface area contributed by atoms with Crippen LogP contribution in [0.1, 0.15) is 83.2 Å². The van der Waals surface area contributed by atoms with Gasteiger partial charge in [-0.15, -0.1) is 0 Å². The first-order valence-corrected chi connectivity index (χ1v) is 9.35. The Kier molecular flexibility index (Phi) is 10.6. The zero-order chi connectivity index (χ0) is 19.4. The van der Waals surface area contributed by atoms with E-state index in [0.29, 0.717) is 31.2 Å². The number of rotatable bonds is 14. The van der Waals surface area contributed by atoms with Crippen LogP contribution in [-0.4, -0.2) is 45.6 Å². The Morgan fingerprint density at radius 3 is 1.50 bits per heavy atom. The van der Waals surface area contributed by atoms with E-state index in [1.807, 2.05) is 0 Å². The molecule has 0 aromatic heterocycles. The van der Waals surface area contributed by atoms with E-state index in [1.54, 1.807) is 12.1 Å². The zero-order valence-electron chi connectivity index (χ0n) is 15.2. The zero-order valence-corrected chi connectivity index (χ0v) is 15.2. The largest absolute Gasteiger partial charge is 0.478 e. The van der Waals surface area contributed by atoms with Gasteiger partial charge in [0.1, 0.15) is 0 Å². The number of carboxylic acids is 2. The van der Waals surface area contributed by atoms with E-state index in [2.05, 4.69) is 0 Å². The highest BCUT2D eigenvalue weighted by Crippen LogP contribution is 2.23. The summed E-state index contributed by atoms with van der Waals surface area (Å²) in [5, 5.41) is 36.6. The van der Waals surface area contributed by atoms with Crippen molar-refractivity contribution in [2.24, 2.45) is 0 Å². The highest BCUT2D eigenvalue weighted by atomic mass is 16.4. The van der Waals surface area contributed by atoms with Crippen molar-refractivity contribution in [2.75, 3.05) is 13.2 Å². The minimum Gasteiger partial charge on any atom is -0.478 e. The molecule has 0 bridgehead atoms. The summed E-state index contributed by atoms with van der Waals surface area (Å²) >= 11 is 0. The van der Waals surface area contributed by atoms with Gasteiger partial charge in [0.15, 0.2) is 0 Å². The maximum atomic E-state index is 11.6. The first-order valence-electron chi connectivity index (χ1n) is 9.35. The number of hydrogen-bond donors (Lipinski definition) is 4. The molecule has 0 atom stereocenters. The van der Waals surface area contributed by atoms with E-state index in [-0.39, 0.29) is 24.3 Å². The number of carboxylic acid groups (broad SMARTS) is 2. The highest BCUT2D eigenvalue weighted by Gasteiger charge is 2.19. The standard InChI is InChI=1S/C20H30O6/c21-11-7-3-1-5-9-15-13-17(19(23)24)16(18(14-15)20(25)26)10-6-2-4-8-12-22/h13-14,21-22H,1-12H2,(H,23,24)(H,25,26). The van der Waals surface area contributed by atoms with Crippen LogP contribution in [0.25, 0.3) is 0 Å². The van der Waals surface area contributed by atoms with Gasteiger partial charge in [0.25, 0.3) is 0 Å². The van der Waals surface area contributed by atoms with Gasteiger partial charge in [0, 0.05) is 13.2 Å². The lowest BCUT2D eigenvalue weighted by Crippen LogP contribution is -2.12. The fourth-order valence-corrected chi connectivity index (χ4v) is 3.09.